The molecule has 6 rings (SSSR count). The number of nitrogen functional groups attached to an aromatic ring is 1. The first-order chi connectivity index (χ1) is 25.0. The van der Waals surface area contributed by atoms with Gasteiger partial charge < -0.3 is 19.8 Å². The fourth-order valence-corrected chi connectivity index (χ4v) is 12.2. The number of esters is 1. The summed E-state index contributed by atoms with van der Waals surface area (Å²) >= 11 is 0. The molecule has 4 aromatic carbocycles. The number of ketones is 1. The van der Waals surface area contributed by atoms with Crippen LogP contribution in [0.4, 0.5) is 5.69 Å². The summed E-state index contributed by atoms with van der Waals surface area (Å²) in [6.45, 7) is 11.9. The van der Waals surface area contributed by atoms with Gasteiger partial charge in [-0.15, -0.1) is 0 Å². The lowest BCUT2D eigenvalue weighted by Gasteiger charge is -2.51. The van der Waals surface area contributed by atoms with Gasteiger partial charge in [-0.3, -0.25) is 9.59 Å². The number of allylic oxidation sites excluding steroid dienone is 1. The molecule has 2 saturated heterocycles. The number of likely N-dealkylation sites (tertiary alicyclic amines) is 1. The van der Waals surface area contributed by atoms with Crippen LogP contribution >= 0.6 is 7.92 Å². The molecule has 52 heavy (non-hydrogen) atoms. The number of benzene rings is 4. The van der Waals surface area contributed by atoms with Crippen molar-refractivity contribution in [3.05, 3.63) is 156 Å². The molecule has 0 aliphatic carbocycles. The molecule has 1 unspecified atom stereocenters. The second-order valence-electron chi connectivity index (χ2n) is 14.4. The highest BCUT2D eigenvalue weighted by molar-refractivity contribution is 7.70. The van der Waals surface area contributed by atoms with E-state index in [-0.39, 0.29) is 30.4 Å². The van der Waals surface area contributed by atoms with Crippen LogP contribution in [-0.2, 0) is 24.2 Å². The Morgan fingerprint density at radius 2 is 1.54 bits per heavy atom. The van der Waals surface area contributed by atoms with E-state index in [0.29, 0.717) is 17.7 Å². The van der Waals surface area contributed by atoms with Gasteiger partial charge in [0.15, 0.2) is 14.1 Å². The van der Waals surface area contributed by atoms with Crippen LogP contribution in [0.25, 0.3) is 0 Å². The quantitative estimate of drug-likeness (QED) is 0.0219. The van der Waals surface area contributed by atoms with Crippen LogP contribution in [0.2, 0.25) is 19.6 Å². The maximum atomic E-state index is 14.9. The number of β-lactam (4-membered cyclic amide) rings is 1. The molecule has 4 atom stereocenters. The summed E-state index contributed by atoms with van der Waals surface area (Å²) in [4.78, 5) is 45.3. The molecule has 7 nitrogen and oxygen atoms in total. The highest BCUT2D eigenvalue weighted by atomic mass is 31.1. The van der Waals surface area contributed by atoms with E-state index in [9.17, 15) is 14.4 Å². The zero-order valence-corrected chi connectivity index (χ0v) is 32.2. The molecular formula is C43H47N2O5PSi. The number of ether oxygens (including phenoxy) is 1. The smallest absolute Gasteiger partial charge is 0.355 e. The highest BCUT2D eigenvalue weighted by Crippen LogP contribution is 2.66. The Balaban J connectivity index is 1.63. The summed E-state index contributed by atoms with van der Waals surface area (Å²) in [7, 11) is -3.26. The summed E-state index contributed by atoms with van der Waals surface area (Å²) in [6.07, 6.45) is 2.53. The number of rotatable bonds is 13. The lowest BCUT2D eigenvalue weighted by molar-refractivity contribution is -0.163. The van der Waals surface area contributed by atoms with Crippen LogP contribution in [0.3, 0.4) is 0 Å². The number of hydrogen-bond donors (Lipinski definition) is 1. The third kappa shape index (κ3) is 7.33. The van der Waals surface area contributed by atoms with Crippen LogP contribution in [-0.4, -0.2) is 55.8 Å². The van der Waals surface area contributed by atoms with Gasteiger partial charge in [0, 0.05) is 28.4 Å². The van der Waals surface area contributed by atoms with Gasteiger partial charge in [-0.25, -0.2) is 4.79 Å². The van der Waals surface area contributed by atoms with Crippen LogP contribution in [0.1, 0.15) is 41.3 Å². The molecule has 2 heterocycles. The number of carbonyl (C=O) groups excluding carboxylic acids is 3. The topological polar surface area (TPSA) is 98.9 Å². The van der Waals surface area contributed by atoms with Crippen molar-refractivity contribution >= 4 is 44.9 Å². The van der Waals surface area contributed by atoms with Gasteiger partial charge in [0.05, 0.1) is 18.1 Å². The zero-order chi connectivity index (χ0) is 37.0. The minimum atomic E-state index is -2.10. The van der Waals surface area contributed by atoms with Crippen LogP contribution < -0.4 is 11.0 Å². The number of anilines is 1. The summed E-state index contributed by atoms with van der Waals surface area (Å²) in [5, 5.41) is 1.95. The van der Waals surface area contributed by atoms with Crippen LogP contribution in [0, 0.1) is 5.92 Å². The van der Waals surface area contributed by atoms with Gasteiger partial charge in [0.1, 0.15) is 12.3 Å². The van der Waals surface area contributed by atoms with E-state index in [1.165, 1.54) is 6.08 Å². The normalized spacial score (nSPS) is 21.2. The first-order valence-corrected chi connectivity index (χ1v) is 22.8. The van der Waals surface area contributed by atoms with Gasteiger partial charge in [-0.1, -0.05) is 116 Å². The number of hydrogen-bond acceptors (Lipinski definition) is 6. The van der Waals surface area contributed by atoms with Gasteiger partial charge in [-0.2, -0.15) is 0 Å². The minimum Gasteiger partial charge on any atom is -0.457 e. The SMILES string of the molecule is C=CCOC(=O)C(=C1P(c2ccccc2)CCC1(c1ccccc1)c1ccccc1)N1C(=O)[C@H]([C@@H](C)O[Si](C)(C)C)[C@H]1CC(=O)c1cccc(N)c1. The van der Waals surface area contributed by atoms with Crippen molar-refractivity contribution in [1.82, 2.24) is 4.90 Å². The van der Waals surface area contributed by atoms with E-state index in [1.807, 2.05) is 61.5 Å². The molecule has 0 aromatic heterocycles. The second kappa shape index (κ2) is 15.5. The molecule has 0 spiro atoms. The number of nitrogens with zero attached hydrogens (tertiary/aromatic N) is 1. The Morgan fingerprint density at radius 3 is 2.10 bits per heavy atom. The molecule has 2 fully saturated rings. The second-order valence-corrected chi connectivity index (χ2v) is 21.2. The Morgan fingerprint density at radius 1 is 0.942 bits per heavy atom. The van der Waals surface area contributed by atoms with Gasteiger partial charge >= 0.3 is 5.97 Å². The predicted molar refractivity (Wildman–Crippen MR) is 212 cm³/mol. The van der Waals surface area contributed by atoms with Crippen molar-refractivity contribution in [2.75, 3.05) is 18.5 Å². The van der Waals surface area contributed by atoms with E-state index >= 15 is 0 Å². The summed E-state index contributed by atoms with van der Waals surface area (Å²) < 4.78 is 12.4. The highest BCUT2D eigenvalue weighted by Gasteiger charge is 2.58. The maximum Gasteiger partial charge on any atom is 0.355 e. The van der Waals surface area contributed by atoms with Crippen molar-refractivity contribution < 1.29 is 23.5 Å². The number of amides is 1. The summed E-state index contributed by atoms with van der Waals surface area (Å²) in [5.74, 6) is -1.67. The molecule has 4 aromatic rings. The Hall–Kier alpha value is -4.62. The van der Waals surface area contributed by atoms with Gasteiger partial charge in [0.2, 0.25) is 5.91 Å². The van der Waals surface area contributed by atoms with Gasteiger partial charge in [0.25, 0.3) is 0 Å². The Bertz CT molecular complexity index is 1920. The fraction of sp³-hybridized carbons (Fsp3) is 0.279. The van der Waals surface area contributed by atoms with E-state index in [4.69, 9.17) is 14.9 Å². The molecule has 9 heteroatoms. The monoisotopic (exact) mass is 730 g/mol. The fourth-order valence-electron chi connectivity index (χ4n) is 7.85. The summed E-state index contributed by atoms with van der Waals surface area (Å²) in [6, 6.07) is 36.9. The van der Waals surface area contributed by atoms with E-state index in [0.717, 1.165) is 27.9 Å². The molecule has 0 saturated carbocycles. The molecular weight excluding hydrogens is 684 g/mol. The molecule has 2 N–H and O–H groups in total. The van der Waals surface area contributed by atoms with Crippen molar-refractivity contribution in [1.29, 1.82) is 0 Å². The third-order valence-electron chi connectivity index (χ3n) is 9.89. The third-order valence-corrected chi connectivity index (χ3v) is 13.7. The molecule has 1 amide bonds. The zero-order valence-electron chi connectivity index (χ0n) is 30.3. The number of Topliss-reactive ketones (excluding diaryl/α,β-unsaturated/α-hetero) is 1. The van der Waals surface area contributed by atoms with E-state index < -0.39 is 45.7 Å². The average molecular weight is 731 g/mol. The van der Waals surface area contributed by atoms with Crippen LogP contribution in [0.15, 0.2) is 139 Å². The van der Waals surface area contributed by atoms with E-state index in [1.54, 1.807) is 29.2 Å². The predicted octanol–water partition coefficient (Wildman–Crippen LogP) is 8.05. The minimum absolute atomic E-state index is 0.0162. The maximum absolute atomic E-state index is 14.9. The summed E-state index contributed by atoms with van der Waals surface area (Å²) in [5.41, 5.74) is 8.53. The van der Waals surface area contributed by atoms with Gasteiger partial charge in [-0.05, 0) is 75.6 Å². The average Bonchev–Trinajstić information content (AvgIpc) is 3.54. The Kier molecular flexibility index (Phi) is 11.1. The van der Waals surface area contributed by atoms with E-state index in [2.05, 4.69) is 62.6 Å². The molecule has 2 aliphatic heterocycles. The lowest BCUT2D eigenvalue weighted by Crippen LogP contribution is -2.66. The van der Waals surface area contributed by atoms with Crippen molar-refractivity contribution in [3.8, 4) is 0 Å². The lowest BCUT2D eigenvalue weighted by atomic mass is 9.71. The first kappa shape index (κ1) is 37.1. The first-order valence-electron chi connectivity index (χ1n) is 17.8. The number of carbonyl (C=O) groups is 3. The van der Waals surface area contributed by atoms with Crippen molar-refractivity contribution in [2.45, 2.75) is 57.0 Å². The van der Waals surface area contributed by atoms with Crippen LogP contribution in [0.5, 0.6) is 0 Å². The number of nitrogens with two attached hydrogens (primary N) is 1. The van der Waals surface area contributed by atoms with Crippen molar-refractivity contribution in [3.63, 3.8) is 0 Å². The molecule has 268 valence electrons. The largest absolute Gasteiger partial charge is 0.457 e. The Labute approximate surface area is 309 Å². The molecule has 0 radical (unpaired) electrons. The molecule has 0 bridgehead atoms. The molecule has 2 aliphatic rings. The van der Waals surface area contributed by atoms with Crippen molar-refractivity contribution in [2.24, 2.45) is 5.92 Å². The standard InChI is InChI=1S/C43H47N2O5PSi/c1-6-26-49-42(48)39(45-36(29-37(46)31-17-16-22-34(44)28-31)38(41(45)47)30(2)50-52(3,4)5)40-43(32-18-10-7-11-19-32,33-20-12-8-13-21-33)25-27-51(40)35-23-14-9-15-24-35/h6-24,28,30,36,38H,1,25-27,29,44H2,2-5H3/t30-,36-,38-,51?/m1/s1.